The normalized spacial score (nSPS) is 20.0. The lowest BCUT2D eigenvalue weighted by atomic mass is 9.96. The van der Waals surface area contributed by atoms with Gasteiger partial charge in [-0.1, -0.05) is 36.8 Å². The number of benzene rings is 2. The van der Waals surface area contributed by atoms with Crippen molar-refractivity contribution in [2.24, 2.45) is 0 Å². The van der Waals surface area contributed by atoms with Gasteiger partial charge in [-0.25, -0.2) is 0 Å². The second-order valence-corrected chi connectivity index (χ2v) is 6.53. The Kier molecular flexibility index (Phi) is 3.44. The van der Waals surface area contributed by atoms with Gasteiger partial charge in [0, 0.05) is 6.54 Å². The Morgan fingerprint density at radius 2 is 1.71 bits per heavy atom. The maximum absolute atomic E-state index is 10.7. The summed E-state index contributed by atoms with van der Waals surface area (Å²) in [5.74, 6) is 0. The topological polar surface area (TPSA) is 23.5 Å². The van der Waals surface area contributed by atoms with Gasteiger partial charge in [0.25, 0.3) is 0 Å². The third-order valence-electron chi connectivity index (χ3n) is 5.15. The summed E-state index contributed by atoms with van der Waals surface area (Å²) in [6, 6.07) is 10.9. The van der Waals surface area contributed by atoms with Crippen LogP contribution >= 0.6 is 0 Å². The van der Waals surface area contributed by atoms with E-state index in [9.17, 15) is 5.11 Å². The molecule has 1 atom stereocenters. The van der Waals surface area contributed by atoms with Crippen LogP contribution in [0.15, 0.2) is 30.3 Å². The van der Waals surface area contributed by atoms with E-state index in [0.29, 0.717) is 0 Å². The minimum absolute atomic E-state index is 0.368. The van der Waals surface area contributed by atoms with Gasteiger partial charge in [-0.3, -0.25) is 0 Å². The Balaban J connectivity index is 1.67. The van der Waals surface area contributed by atoms with E-state index in [1.807, 2.05) is 0 Å². The van der Waals surface area contributed by atoms with Crippen LogP contribution in [0.3, 0.4) is 0 Å². The number of piperidine rings is 1. The summed E-state index contributed by atoms with van der Waals surface area (Å²) in [5, 5.41) is 13.4. The van der Waals surface area contributed by atoms with Gasteiger partial charge in [-0.15, -0.1) is 0 Å². The molecule has 1 N–H and O–H groups in total. The van der Waals surface area contributed by atoms with E-state index in [2.05, 4.69) is 35.2 Å². The molecule has 1 aliphatic heterocycles. The zero-order valence-corrected chi connectivity index (χ0v) is 12.5. The maximum atomic E-state index is 10.7. The summed E-state index contributed by atoms with van der Waals surface area (Å²) in [4.78, 5) is 2.41. The van der Waals surface area contributed by atoms with Crippen molar-refractivity contribution in [3.63, 3.8) is 0 Å². The summed E-state index contributed by atoms with van der Waals surface area (Å²) < 4.78 is 0. The number of hydrogen-bond acceptors (Lipinski definition) is 2. The molecule has 2 aromatic rings. The highest BCUT2D eigenvalue weighted by molar-refractivity contribution is 5.93. The number of hydrogen-bond donors (Lipinski definition) is 1. The monoisotopic (exact) mass is 281 g/mol. The highest BCUT2D eigenvalue weighted by atomic mass is 16.3. The molecule has 4 rings (SSSR count). The van der Waals surface area contributed by atoms with Crippen molar-refractivity contribution in [2.45, 2.75) is 38.2 Å². The molecule has 110 valence electrons. The molecule has 0 aromatic heterocycles. The summed E-state index contributed by atoms with van der Waals surface area (Å²) in [5.41, 5.74) is 4.02. The van der Waals surface area contributed by atoms with Crippen molar-refractivity contribution in [1.29, 1.82) is 0 Å². The first-order chi connectivity index (χ1) is 10.3. The van der Waals surface area contributed by atoms with Crippen LogP contribution in [0.25, 0.3) is 10.8 Å². The van der Waals surface area contributed by atoms with Gasteiger partial charge in [-0.05, 0) is 66.2 Å². The predicted molar refractivity (Wildman–Crippen MR) is 86.6 cm³/mol. The molecule has 0 radical (unpaired) electrons. The largest absolute Gasteiger partial charge is 0.387 e. The molecule has 1 heterocycles. The van der Waals surface area contributed by atoms with Crippen molar-refractivity contribution < 1.29 is 5.11 Å². The van der Waals surface area contributed by atoms with Gasteiger partial charge in [0.05, 0.1) is 6.10 Å². The summed E-state index contributed by atoms with van der Waals surface area (Å²) in [6.45, 7) is 3.05. The molecular weight excluding hydrogens is 258 g/mol. The smallest absolute Gasteiger partial charge is 0.0922 e. The molecule has 2 aromatic carbocycles. The highest BCUT2D eigenvalue weighted by Gasteiger charge is 2.21. The van der Waals surface area contributed by atoms with Crippen LogP contribution in [-0.2, 0) is 12.8 Å². The quantitative estimate of drug-likeness (QED) is 0.931. The van der Waals surface area contributed by atoms with Crippen molar-refractivity contribution in [3.8, 4) is 0 Å². The van der Waals surface area contributed by atoms with E-state index in [1.54, 1.807) is 0 Å². The molecule has 2 heteroatoms. The zero-order chi connectivity index (χ0) is 14.2. The number of β-amino-alcohol motifs (C(OH)–C–C–N with tert-alkyl or cyclic N) is 1. The van der Waals surface area contributed by atoms with Crippen molar-refractivity contribution >= 4 is 10.8 Å². The van der Waals surface area contributed by atoms with Crippen molar-refractivity contribution in [3.05, 3.63) is 47.0 Å². The van der Waals surface area contributed by atoms with E-state index >= 15 is 0 Å². The average Bonchev–Trinajstić information content (AvgIpc) is 2.94. The van der Waals surface area contributed by atoms with Gasteiger partial charge in [-0.2, -0.15) is 0 Å². The van der Waals surface area contributed by atoms with Crippen molar-refractivity contribution in [1.82, 2.24) is 4.90 Å². The van der Waals surface area contributed by atoms with Crippen LogP contribution < -0.4 is 0 Å². The molecule has 2 nitrogen and oxygen atoms in total. The number of aliphatic hydroxyl groups is 1. The first kappa shape index (κ1) is 13.3. The molecule has 1 aliphatic carbocycles. The van der Waals surface area contributed by atoms with Crippen LogP contribution in [0, 0.1) is 0 Å². The van der Waals surface area contributed by atoms with E-state index in [1.165, 1.54) is 41.2 Å². The van der Waals surface area contributed by atoms with Crippen LogP contribution in [0.4, 0.5) is 0 Å². The van der Waals surface area contributed by atoms with E-state index in [-0.39, 0.29) is 6.10 Å². The lowest BCUT2D eigenvalue weighted by Crippen LogP contribution is -2.33. The Labute approximate surface area is 126 Å². The van der Waals surface area contributed by atoms with Crippen LogP contribution in [0.2, 0.25) is 0 Å². The fourth-order valence-corrected chi connectivity index (χ4v) is 4.04. The lowest BCUT2D eigenvalue weighted by molar-refractivity contribution is 0.102. The molecule has 1 fully saturated rings. The van der Waals surface area contributed by atoms with Gasteiger partial charge in [0.2, 0.25) is 0 Å². The molecule has 0 spiro atoms. The van der Waals surface area contributed by atoms with Crippen molar-refractivity contribution in [2.75, 3.05) is 19.6 Å². The summed E-state index contributed by atoms with van der Waals surface area (Å²) in [6.07, 6.45) is 5.82. The molecule has 2 aliphatic rings. The Morgan fingerprint density at radius 3 is 2.52 bits per heavy atom. The van der Waals surface area contributed by atoms with E-state index in [0.717, 1.165) is 38.0 Å². The van der Waals surface area contributed by atoms with Gasteiger partial charge in [0.15, 0.2) is 0 Å². The average molecular weight is 281 g/mol. The summed E-state index contributed by atoms with van der Waals surface area (Å²) >= 11 is 0. The van der Waals surface area contributed by atoms with Gasteiger partial charge in [0.1, 0.15) is 0 Å². The number of aliphatic hydroxyl groups excluding tert-OH is 1. The standard InChI is InChI=1S/C19H23NO/c21-18(13-20-11-2-1-3-12-20)16-10-9-15-8-7-14-5-4-6-17(16)19(14)15/h4-6,9-10,18,21H,1-3,7-8,11-13H2. The third kappa shape index (κ3) is 2.37. The fraction of sp³-hybridized carbons (Fsp3) is 0.474. The number of rotatable bonds is 3. The minimum atomic E-state index is -0.368. The second-order valence-electron chi connectivity index (χ2n) is 6.53. The first-order valence-corrected chi connectivity index (χ1v) is 8.27. The fourth-order valence-electron chi connectivity index (χ4n) is 4.04. The van der Waals surface area contributed by atoms with E-state index < -0.39 is 0 Å². The second kappa shape index (κ2) is 5.43. The third-order valence-corrected chi connectivity index (χ3v) is 5.15. The van der Waals surface area contributed by atoms with Crippen LogP contribution in [0.5, 0.6) is 0 Å². The van der Waals surface area contributed by atoms with Gasteiger partial charge >= 0.3 is 0 Å². The maximum Gasteiger partial charge on any atom is 0.0922 e. The molecule has 21 heavy (non-hydrogen) atoms. The minimum Gasteiger partial charge on any atom is -0.387 e. The molecule has 1 saturated heterocycles. The lowest BCUT2D eigenvalue weighted by Gasteiger charge is -2.29. The van der Waals surface area contributed by atoms with E-state index in [4.69, 9.17) is 0 Å². The van der Waals surface area contributed by atoms with Gasteiger partial charge < -0.3 is 10.0 Å². The Morgan fingerprint density at radius 1 is 0.952 bits per heavy atom. The highest BCUT2D eigenvalue weighted by Crippen LogP contribution is 2.35. The number of aryl methyl sites for hydroxylation is 2. The molecule has 0 bridgehead atoms. The summed E-state index contributed by atoms with van der Waals surface area (Å²) in [7, 11) is 0. The molecule has 0 saturated carbocycles. The van der Waals surface area contributed by atoms with Crippen LogP contribution in [-0.4, -0.2) is 29.6 Å². The predicted octanol–water partition coefficient (Wildman–Crippen LogP) is 3.46. The Bertz CT molecular complexity index is 648. The molecule has 0 amide bonds. The molecular formula is C19H23NO. The molecule has 1 unspecified atom stereocenters. The number of nitrogens with zero attached hydrogens (tertiary/aromatic N) is 1. The SMILES string of the molecule is OC(CN1CCCCC1)c1ccc2c3c(cccc13)CC2. The van der Waals surface area contributed by atoms with Crippen LogP contribution in [0.1, 0.15) is 42.1 Å². The first-order valence-electron chi connectivity index (χ1n) is 8.27. The zero-order valence-electron chi connectivity index (χ0n) is 12.5. The number of likely N-dealkylation sites (tertiary alicyclic amines) is 1. The Hall–Kier alpha value is -1.38.